The highest BCUT2D eigenvalue weighted by atomic mass is 19.1. The maximum Gasteiger partial charge on any atom is 0.254 e. The van der Waals surface area contributed by atoms with E-state index in [1.165, 1.54) is 12.1 Å². The third-order valence-electron chi connectivity index (χ3n) is 2.96. The minimum Gasteiger partial charge on any atom is -0.396 e. The molecule has 0 bridgehead atoms. The molecule has 0 radical (unpaired) electrons. The van der Waals surface area contributed by atoms with Gasteiger partial charge in [0, 0.05) is 24.8 Å². The van der Waals surface area contributed by atoms with Crippen LogP contribution in [0.5, 0.6) is 0 Å². The Kier molecular flexibility index (Phi) is 6.86. The Morgan fingerprint density at radius 1 is 1.38 bits per heavy atom. The van der Waals surface area contributed by atoms with Gasteiger partial charge in [0.15, 0.2) is 0 Å². The van der Waals surface area contributed by atoms with Crippen LogP contribution < -0.4 is 0 Å². The van der Waals surface area contributed by atoms with Gasteiger partial charge in [-0.05, 0) is 38.5 Å². The van der Waals surface area contributed by atoms with E-state index in [0.717, 1.165) is 6.07 Å². The molecule has 0 aliphatic rings. The maximum absolute atomic E-state index is 13.9. The third kappa shape index (κ3) is 4.85. The number of nitrogens with zero attached hydrogens (tertiary/aromatic N) is 1. The van der Waals surface area contributed by atoms with Gasteiger partial charge in [-0.15, -0.1) is 0 Å². The molecule has 1 aromatic rings. The van der Waals surface area contributed by atoms with Crippen LogP contribution in [0.15, 0.2) is 18.2 Å². The molecule has 0 saturated carbocycles. The van der Waals surface area contributed by atoms with Crippen LogP contribution in [0.4, 0.5) is 4.39 Å². The van der Waals surface area contributed by atoms with Gasteiger partial charge in [0.2, 0.25) is 0 Å². The summed E-state index contributed by atoms with van der Waals surface area (Å²) in [6.07, 6.45) is 0.479. The second-order valence-corrected chi connectivity index (χ2v) is 4.82. The Labute approximate surface area is 124 Å². The van der Waals surface area contributed by atoms with E-state index in [0.29, 0.717) is 13.0 Å². The van der Waals surface area contributed by atoms with E-state index in [-0.39, 0.29) is 36.3 Å². The van der Waals surface area contributed by atoms with Crippen LogP contribution >= 0.6 is 0 Å². The molecule has 1 rings (SSSR count). The van der Waals surface area contributed by atoms with Gasteiger partial charge in [0.25, 0.3) is 5.91 Å². The first-order chi connectivity index (χ1) is 10.0. The molecule has 5 heteroatoms. The fraction of sp³-hybridized carbons (Fsp3) is 0.438. The molecule has 0 spiro atoms. The highest BCUT2D eigenvalue weighted by Crippen LogP contribution is 2.14. The molecule has 0 heterocycles. The van der Waals surface area contributed by atoms with Crippen LogP contribution in [-0.2, 0) is 0 Å². The number of aliphatic hydroxyl groups is 2. The van der Waals surface area contributed by atoms with E-state index >= 15 is 0 Å². The molecule has 0 unspecified atom stereocenters. The summed E-state index contributed by atoms with van der Waals surface area (Å²) in [5.41, 5.74) is 0.390. The SMILES string of the molecule is CC(C)N(CCCO)C(=O)c1ccc(C#CCO)c(F)c1. The number of halogens is 1. The van der Waals surface area contributed by atoms with Gasteiger partial charge in [-0.2, -0.15) is 0 Å². The lowest BCUT2D eigenvalue weighted by molar-refractivity contribution is 0.0692. The van der Waals surface area contributed by atoms with E-state index in [1.54, 1.807) is 4.90 Å². The third-order valence-corrected chi connectivity index (χ3v) is 2.96. The zero-order valence-corrected chi connectivity index (χ0v) is 12.3. The van der Waals surface area contributed by atoms with Crippen LogP contribution in [0, 0.1) is 17.7 Å². The molecule has 2 N–H and O–H groups in total. The average molecular weight is 293 g/mol. The highest BCUT2D eigenvalue weighted by molar-refractivity contribution is 5.94. The lowest BCUT2D eigenvalue weighted by atomic mass is 10.1. The zero-order chi connectivity index (χ0) is 15.8. The van der Waals surface area contributed by atoms with Gasteiger partial charge < -0.3 is 15.1 Å². The number of carbonyl (C=O) groups is 1. The van der Waals surface area contributed by atoms with Crippen LogP contribution in [0.25, 0.3) is 0 Å². The number of carbonyl (C=O) groups excluding carboxylic acids is 1. The fourth-order valence-corrected chi connectivity index (χ4v) is 1.89. The van der Waals surface area contributed by atoms with Crippen molar-refractivity contribution in [2.24, 2.45) is 0 Å². The largest absolute Gasteiger partial charge is 0.396 e. The lowest BCUT2D eigenvalue weighted by Gasteiger charge is -2.26. The van der Waals surface area contributed by atoms with Crippen molar-refractivity contribution in [1.29, 1.82) is 0 Å². The molecule has 0 fully saturated rings. The molecule has 114 valence electrons. The molecular weight excluding hydrogens is 273 g/mol. The van der Waals surface area contributed by atoms with Gasteiger partial charge >= 0.3 is 0 Å². The lowest BCUT2D eigenvalue weighted by Crippen LogP contribution is -2.38. The minimum atomic E-state index is -0.590. The number of rotatable bonds is 5. The Bertz CT molecular complexity index is 546. The van der Waals surface area contributed by atoms with Gasteiger partial charge in [0.1, 0.15) is 12.4 Å². The van der Waals surface area contributed by atoms with Crippen LogP contribution in [0.2, 0.25) is 0 Å². The number of amides is 1. The zero-order valence-electron chi connectivity index (χ0n) is 12.3. The van der Waals surface area contributed by atoms with E-state index in [9.17, 15) is 9.18 Å². The van der Waals surface area contributed by atoms with Crippen molar-refractivity contribution in [3.05, 3.63) is 35.1 Å². The van der Waals surface area contributed by atoms with Crippen molar-refractivity contribution in [2.45, 2.75) is 26.3 Å². The standard InChI is InChI=1S/C16H20FNO3/c1-12(2)18(8-4-10-20)16(21)14-7-6-13(5-3-9-19)15(17)11-14/h6-7,11-12,19-20H,4,8-10H2,1-2H3. The highest BCUT2D eigenvalue weighted by Gasteiger charge is 2.19. The number of hydrogen-bond acceptors (Lipinski definition) is 3. The van der Waals surface area contributed by atoms with E-state index < -0.39 is 5.82 Å². The van der Waals surface area contributed by atoms with Gasteiger partial charge in [-0.3, -0.25) is 4.79 Å². The average Bonchev–Trinajstić information content (AvgIpc) is 2.45. The predicted octanol–water partition coefficient (Wildman–Crippen LogP) is 1.40. The number of benzene rings is 1. The Hall–Kier alpha value is -1.90. The second-order valence-electron chi connectivity index (χ2n) is 4.82. The summed E-state index contributed by atoms with van der Waals surface area (Å²) in [6, 6.07) is 4.05. The monoisotopic (exact) mass is 293 g/mol. The Balaban J connectivity index is 2.98. The summed E-state index contributed by atoms with van der Waals surface area (Å²) < 4.78 is 13.9. The normalized spacial score (nSPS) is 10.2. The molecule has 0 saturated heterocycles. The minimum absolute atomic E-state index is 0.000544. The summed E-state index contributed by atoms with van der Waals surface area (Å²) in [5, 5.41) is 17.5. The number of hydrogen-bond donors (Lipinski definition) is 2. The summed E-state index contributed by atoms with van der Waals surface area (Å²) in [7, 11) is 0. The molecule has 21 heavy (non-hydrogen) atoms. The molecule has 0 aliphatic heterocycles. The summed E-state index contributed by atoms with van der Waals surface area (Å²) in [4.78, 5) is 14.0. The van der Waals surface area contributed by atoms with Crippen molar-refractivity contribution < 1.29 is 19.4 Å². The van der Waals surface area contributed by atoms with E-state index in [4.69, 9.17) is 10.2 Å². The first-order valence-electron chi connectivity index (χ1n) is 6.82. The second kappa shape index (κ2) is 8.40. The molecule has 1 amide bonds. The first kappa shape index (κ1) is 17.2. The Morgan fingerprint density at radius 3 is 2.62 bits per heavy atom. The van der Waals surface area contributed by atoms with Crippen molar-refractivity contribution >= 4 is 5.91 Å². The van der Waals surface area contributed by atoms with Crippen LogP contribution in [0.3, 0.4) is 0 Å². The van der Waals surface area contributed by atoms with Gasteiger partial charge in [0.05, 0.1) is 5.56 Å². The summed E-state index contributed by atoms with van der Waals surface area (Å²) in [6.45, 7) is 3.81. The quantitative estimate of drug-likeness (QED) is 0.807. The summed E-state index contributed by atoms with van der Waals surface area (Å²) >= 11 is 0. The first-order valence-corrected chi connectivity index (χ1v) is 6.82. The smallest absolute Gasteiger partial charge is 0.254 e. The van der Waals surface area contributed by atoms with Crippen LogP contribution in [-0.4, -0.2) is 46.8 Å². The van der Waals surface area contributed by atoms with Gasteiger partial charge in [-0.1, -0.05) is 11.8 Å². The molecule has 4 nitrogen and oxygen atoms in total. The molecule has 1 aromatic carbocycles. The van der Waals surface area contributed by atoms with Crippen molar-refractivity contribution in [1.82, 2.24) is 4.90 Å². The van der Waals surface area contributed by atoms with Crippen molar-refractivity contribution in [3.63, 3.8) is 0 Å². The number of aliphatic hydroxyl groups excluding tert-OH is 2. The predicted molar refractivity (Wildman–Crippen MR) is 78.2 cm³/mol. The molecule has 0 aliphatic carbocycles. The molecular formula is C16H20FNO3. The Morgan fingerprint density at radius 2 is 2.10 bits per heavy atom. The fourth-order valence-electron chi connectivity index (χ4n) is 1.89. The van der Waals surface area contributed by atoms with E-state index in [2.05, 4.69) is 11.8 Å². The van der Waals surface area contributed by atoms with Crippen LogP contribution in [0.1, 0.15) is 36.2 Å². The maximum atomic E-state index is 13.9. The van der Waals surface area contributed by atoms with E-state index in [1.807, 2.05) is 13.8 Å². The summed E-state index contributed by atoms with van der Waals surface area (Å²) in [5.74, 6) is 3.98. The molecule has 0 aromatic heterocycles. The van der Waals surface area contributed by atoms with Gasteiger partial charge in [-0.25, -0.2) is 4.39 Å². The topological polar surface area (TPSA) is 60.8 Å². The van der Waals surface area contributed by atoms with Crippen molar-refractivity contribution in [3.8, 4) is 11.8 Å². The molecule has 0 atom stereocenters. The van der Waals surface area contributed by atoms with Crippen molar-refractivity contribution in [2.75, 3.05) is 19.8 Å².